The fraction of sp³-hybridized carbons (Fsp3) is 0.182. The molecule has 1 aromatic heterocycles. The van der Waals surface area contributed by atoms with Crippen molar-refractivity contribution in [2.75, 3.05) is 7.11 Å². The van der Waals surface area contributed by atoms with Crippen LogP contribution in [0.3, 0.4) is 0 Å². The van der Waals surface area contributed by atoms with Crippen LogP contribution < -0.4 is 10.1 Å². The molecule has 1 amide bonds. The van der Waals surface area contributed by atoms with Gasteiger partial charge in [0.25, 0.3) is 0 Å². The molecule has 2 atom stereocenters. The topological polar surface area (TPSA) is 60.5 Å². The molecule has 0 spiro atoms. The van der Waals surface area contributed by atoms with Gasteiger partial charge in [-0.05, 0) is 48.4 Å². The Morgan fingerprint density at radius 1 is 1.00 bits per heavy atom. The zero-order chi connectivity index (χ0) is 18.8. The van der Waals surface area contributed by atoms with Crippen LogP contribution in [0.1, 0.15) is 29.0 Å². The number of rotatable bonds is 4. The number of hydrogen-bond donors (Lipinski definition) is 1. The van der Waals surface area contributed by atoms with Gasteiger partial charge in [-0.3, -0.25) is 4.98 Å². The van der Waals surface area contributed by atoms with Crippen LogP contribution in [0.4, 0.5) is 4.79 Å². The molecule has 0 saturated carbocycles. The number of hydrogen-bond acceptors (Lipinski definition) is 4. The summed E-state index contributed by atoms with van der Waals surface area (Å²) < 4.78 is 10.9. The number of carbonyl (C=O) groups excluding carboxylic acids is 1. The maximum atomic E-state index is 12.0. The van der Waals surface area contributed by atoms with Crippen molar-refractivity contribution in [1.82, 2.24) is 10.3 Å². The second kappa shape index (κ2) is 7.11. The molecule has 1 saturated heterocycles. The number of pyridine rings is 1. The van der Waals surface area contributed by atoms with E-state index in [9.17, 15) is 4.79 Å². The molecule has 1 aliphatic heterocycles. The van der Waals surface area contributed by atoms with Crippen molar-refractivity contribution in [3.63, 3.8) is 0 Å². The van der Waals surface area contributed by atoms with Crippen LogP contribution >= 0.6 is 0 Å². The maximum Gasteiger partial charge on any atom is 0.408 e. The Balaban J connectivity index is 1.70. The van der Waals surface area contributed by atoms with E-state index in [0.717, 1.165) is 33.8 Å². The van der Waals surface area contributed by atoms with Gasteiger partial charge in [-0.25, -0.2) is 4.79 Å². The number of amides is 1. The number of cyclic esters (lactones) is 1. The van der Waals surface area contributed by atoms with Gasteiger partial charge in [0.05, 0.1) is 18.8 Å². The fourth-order valence-corrected chi connectivity index (χ4v) is 3.35. The van der Waals surface area contributed by atoms with E-state index in [-0.39, 0.29) is 6.04 Å². The number of nitrogens with one attached hydrogen (secondary N) is 1. The molecule has 2 heterocycles. The third-order valence-corrected chi connectivity index (χ3v) is 4.66. The molecule has 0 aliphatic carbocycles. The summed E-state index contributed by atoms with van der Waals surface area (Å²) in [5.74, 6) is 0.729. The van der Waals surface area contributed by atoms with Gasteiger partial charge in [-0.2, -0.15) is 0 Å². The normalized spacial score (nSPS) is 18.7. The minimum Gasteiger partial charge on any atom is -0.497 e. The Kier molecular flexibility index (Phi) is 4.50. The molecule has 27 heavy (non-hydrogen) atoms. The van der Waals surface area contributed by atoms with Gasteiger partial charge in [0.1, 0.15) is 5.75 Å². The minimum absolute atomic E-state index is 0.283. The van der Waals surface area contributed by atoms with Crippen LogP contribution in [0.15, 0.2) is 66.7 Å². The number of methoxy groups -OCH3 is 1. The van der Waals surface area contributed by atoms with Gasteiger partial charge in [0, 0.05) is 11.3 Å². The Morgan fingerprint density at radius 3 is 2.59 bits per heavy atom. The van der Waals surface area contributed by atoms with Gasteiger partial charge >= 0.3 is 6.09 Å². The third-order valence-electron chi connectivity index (χ3n) is 4.66. The Bertz CT molecular complexity index is 987. The maximum absolute atomic E-state index is 12.0. The zero-order valence-corrected chi connectivity index (χ0v) is 15.2. The van der Waals surface area contributed by atoms with Crippen LogP contribution in [0, 0.1) is 6.92 Å². The van der Waals surface area contributed by atoms with Gasteiger partial charge < -0.3 is 14.8 Å². The standard InChI is InChI=1S/C22H20N2O3/c1-14-6-3-11-19(23-14)15-7-4-8-16(12-15)20-21(27-22(25)24-20)17-9-5-10-18(13-17)26-2/h3-13,20-21H,1-2H3,(H,24,25)/t20-,21-/m1/s1. The SMILES string of the molecule is COc1cccc([C@H]2OC(=O)N[C@@H]2c2cccc(-c3cccc(C)n3)c2)c1. The summed E-state index contributed by atoms with van der Waals surface area (Å²) >= 11 is 0. The fourth-order valence-electron chi connectivity index (χ4n) is 3.35. The number of ether oxygens (including phenoxy) is 2. The number of carbonyl (C=O) groups is 1. The molecule has 0 bridgehead atoms. The molecule has 0 radical (unpaired) electrons. The predicted octanol–water partition coefficient (Wildman–Crippen LogP) is 4.59. The van der Waals surface area contributed by atoms with E-state index in [1.165, 1.54) is 0 Å². The number of alkyl carbamates (subject to hydrolysis) is 1. The second-order valence-corrected chi connectivity index (χ2v) is 6.51. The minimum atomic E-state index is -0.424. The molecular weight excluding hydrogens is 340 g/mol. The molecule has 5 nitrogen and oxygen atoms in total. The quantitative estimate of drug-likeness (QED) is 0.739. The van der Waals surface area contributed by atoms with Crippen molar-refractivity contribution >= 4 is 6.09 Å². The number of nitrogens with zero attached hydrogens (tertiary/aromatic N) is 1. The van der Waals surface area contributed by atoms with Crippen molar-refractivity contribution in [2.24, 2.45) is 0 Å². The molecule has 2 aromatic carbocycles. The molecular formula is C22H20N2O3. The van der Waals surface area contributed by atoms with Crippen molar-refractivity contribution in [2.45, 2.75) is 19.1 Å². The monoisotopic (exact) mass is 360 g/mol. The van der Waals surface area contributed by atoms with E-state index < -0.39 is 12.2 Å². The highest BCUT2D eigenvalue weighted by molar-refractivity contribution is 5.72. The van der Waals surface area contributed by atoms with E-state index in [1.807, 2.05) is 67.6 Å². The van der Waals surface area contributed by atoms with E-state index in [0.29, 0.717) is 0 Å². The number of aromatic nitrogens is 1. The van der Waals surface area contributed by atoms with E-state index in [1.54, 1.807) is 7.11 Å². The van der Waals surface area contributed by atoms with Gasteiger partial charge in [0.2, 0.25) is 0 Å². The average Bonchev–Trinajstić information content (AvgIpc) is 3.10. The highest BCUT2D eigenvalue weighted by atomic mass is 16.6. The first kappa shape index (κ1) is 17.1. The van der Waals surface area contributed by atoms with Crippen molar-refractivity contribution in [3.8, 4) is 17.0 Å². The van der Waals surface area contributed by atoms with Gasteiger partial charge in [0.15, 0.2) is 6.10 Å². The van der Waals surface area contributed by atoms with Crippen LogP contribution in [0.5, 0.6) is 5.75 Å². The molecule has 1 N–H and O–H groups in total. The van der Waals surface area contributed by atoms with Gasteiger partial charge in [-0.15, -0.1) is 0 Å². The highest BCUT2D eigenvalue weighted by Crippen LogP contribution is 2.38. The summed E-state index contributed by atoms with van der Waals surface area (Å²) in [6.45, 7) is 1.97. The van der Waals surface area contributed by atoms with E-state index in [2.05, 4.69) is 16.4 Å². The van der Waals surface area contributed by atoms with Crippen molar-refractivity contribution in [3.05, 3.63) is 83.6 Å². The smallest absolute Gasteiger partial charge is 0.408 e. The molecule has 5 heteroatoms. The van der Waals surface area contributed by atoms with Gasteiger partial charge in [-0.1, -0.05) is 36.4 Å². The molecule has 136 valence electrons. The summed E-state index contributed by atoms with van der Waals surface area (Å²) in [6, 6.07) is 21.3. The van der Waals surface area contributed by atoms with Crippen molar-refractivity contribution < 1.29 is 14.3 Å². The van der Waals surface area contributed by atoms with E-state index in [4.69, 9.17) is 9.47 Å². The Hall–Kier alpha value is -3.34. The summed E-state index contributed by atoms with van der Waals surface area (Å²) in [4.78, 5) is 16.6. The molecule has 3 aromatic rings. The largest absolute Gasteiger partial charge is 0.497 e. The third kappa shape index (κ3) is 3.49. The lowest BCUT2D eigenvalue weighted by molar-refractivity contribution is 0.132. The molecule has 1 aliphatic rings. The Morgan fingerprint density at radius 2 is 1.78 bits per heavy atom. The first-order valence-electron chi connectivity index (χ1n) is 8.79. The molecule has 4 rings (SSSR count). The number of benzene rings is 2. The molecule has 1 fully saturated rings. The zero-order valence-electron chi connectivity index (χ0n) is 15.2. The first-order chi connectivity index (χ1) is 13.1. The van der Waals surface area contributed by atoms with Crippen molar-refractivity contribution in [1.29, 1.82) is 0 Å². The van der Waals surface area contributed by atoms with Crippen LogP contribution in [0.2, 0.25) is 0 Å². The number of aryl methyl sites for hydroxylation is 1. The van der Waals surface area contributed by atoms with Crippen LogP contribution in [0.25, 0.3) is 11.3 Å². The highest BCUT2D eigenvalue weighted by Gasteiger charge is 2.36. The summed E-state index contributed by atoms with van der Waals surface area (Å²) in [7, 11) is 1.62. The molecule has 0 unspecified atom stereocenters. The lowest BCUT2D eigenvalue weighted by Gasteiger charge is -2.19. The lowest BCUT2D eigenvalue weighted by atomic mass is 9.94. The Labute approximate surface area is 158 Å². The average molecular weight is 360 g/mol. The van der Waals surface area contributed by atoms with Crippen LogP contribution in [-0.2, 0) is 4.74 Å². The first-order valence-corrected chi connectivity index (χ1v) is 8.79. The summed E-state index contributed by atoms with van der Waals surface area (Å²) in [5, 5.41) is 2.92. The van der Waals surface area contributed by atoms with E-state index >= 15 is 0 Å². The summed E-state index contributed by atoms with van der Waals surface area (Å²) in [6.07, 6.45) is -0.847. The summed E-state index contributed by atoms with van der Waals surface area (Å²) in [5.41, 5.74) is 4.72. The lowest BCUT2D eigenvalue weighted by Crippen LogP contribution is -2.19. The van der Waals surface area contributed by atoms with Crippen LogP contribution in [-0.4, -0.2) is 18.2 Å². The predicted molar refractivity (Wildman–Crippen MR) is 103 cm³/mol. The second-order valence-electron chi connectivity index (χ2n) is 6.51.